The number of piperazine rings is 1. The minimum absolute atomic E-state index is 0.0300. The molecule has 1 heterocycles. The van der Waals surface area contributed by atoms with E-state index in [-0.39, 0.29) is 41.3 Å². The zero-order chi connectivity index (χ0) is 34.8. The fraction of sp³-hybridized carbons (Fsp3) is 0.875. The second kappa shape index (κ2) is 27.0. The molecule has 14 nitrogen and oxygen atoms in total. The van der Waals surface area contributed by atoms with Crippen molar-refractivity contribution in [3.63, 3.8) is 0 Å². The van der Waals surface area contributed by atoms with Crippen molar-refractivity contribution >= 4 is 35.3 Å². The van der Waals surface area contributed by atoms with Crippen molar-refractivity contribution in [3.05, 3.63) is 0 Å². The molecule has 1 atom stereocenters. The van der Waals surface area contributed by atoms with Gasteiger partial charge in [-0.25, -0.2) is 5.43 Å². The van der Waals surface area contributed by atoms with Crippen LogP contribution in [0.15, 0.2) is 0 Å². The van der Waals surface area contributed by atoms with Gasteiger partial charge in [-0.15, -0.1) is 11.8 Å². The summed E-state index contributed by atoms with van der Waals surface area (Å²) in [5.74, 6) is 0.232. The molecule has 1 saturated heterocycles. The van der Waals surface area contributed by atoms with Crippen molar-refractivity contribution in [1.29, 1.82) is 0 Å². The molecule has 0 aliphatic carbocycles. The van der Waals surface area contributed by atoms with E-state index in [0.29, 0.717) is 77.9 Å². The topological polar surface area (TPSA) is 174 Å². The van der Waals surface area contributed by atoms with Crippen molar-refractivity contribution in [2.75, 3.05) is 104 Å². The lowest BCUT2D eigenvalue weighted by Gasteiger charge is -2.34. The second-order valence-electron chi connectivity index (χ2n) is 12.1. The van der Waals surface area contributed by atoms with Crippen LogP contribution in [0.1, 0.15) is 66.2 Å². The molecule has 0 aromatic rings. The third kappa shape index (κ3) is 23.2. The number of ketones is 1. The molecule has 47 heavy (non-hydrogen) atoms. The first kappa shape index (κ1) is 43.2. The molecule has 5 N–H and O–H groups in total. The Morgan fingerprint density at radius 1 is 0.830 bits per heavy atom. The number of carbonyl (C=O) groups is 4. The molecule has 0 radical (unpaired) electrons. The maximum atomic E-state index is 12.6. The van der Waals surface area contributed by atoms with Gasteiger partial charge in [-0.2, -0.15) is 0 Å². The van der Waals surface area contributed by atoms with Crippen LogP contribution in [-0.2, 0) is 38.1 Å². The zero-order valence-electron chi connectivity index (χ0n) is 29.3. The average molecular weight is 691 g/mol. The van der Waals surface area contributed by atoms with Crippen molar-refractivity contribution in [2.24, 2.45) is 5.73 Å². The average Bonchev–Trinajstić information content (AvgIpc) is 3.06. The Morgan fingerprint density at radius 2 is 1.43 bits per heavy atom. The van der Waals surface area contributed by atoms with E-state index in [1.807, 2.05) is 4.90 Å². The first-order valence-electron chi connectivity index (χ1n) is 17.0. The van der Waals surface area contributed by atoms with Gasteiger partial charge < -0.3 is 39.8 Å². The van der Waals surface area contributed by atoms with E-state index in [9.17, 15) is 19.2 Å². The SMILES string of the molecule is CCN1CCN(C(=O)CCC(C)(C)SCC(=O)NCCOCCOCCOCCOCCC(=O)NN[C@@H](CCCCN)C(C)=O)CC1. The highest BCUT2D eigenvalue weighted by Gasteiger charge is 2.25. The number of rotatable bonds is 29. The van der Waals surface area contributed by atoms with E-state index < -0.39 is 6.04 Å². The van der Waals surface area contributed by atoms with Gasteiger partial charge >= 0.3 is 0 Å². The number of hydrogen-bond donors (Lipinski definition) is 4. The largest absolute Gasteiger partial charge is 0.379 e. The predicted octanol–water partition coefficient (Wildman–Crippen LogP) is 0.723. The summed E-state index contributed by atoms with van der Waals surface area (Å²) in [5.41, 5.74) is 10.8. The first-order valence-corrected chi connectivity index (χ1v) is 18.0. The van der Waals surface area contributed by atoms with Crippen molar-refractivity contribution < 1.29 is 38.1 Å². The van der Waals surface area contributed by atoms with Gasteiger partial charge in [0.1, 0.15) is 5.78 Å². The number of amides is 3. The second-order valence-corrected chi connectivity index (χ2v) is 13.7. The van der Waals surface area contributed by atoms with Crippen molar-refractivity contribution in [3.8, 4) is 0 Å². The summed E-state index contributed by atoms with van der Waals surface area (Å²) in [6, 6.07) is -0.415. The maximum Gasteiger partial charge on any atom is 0.236 e. The van der Waals surface area contributed by atoms with E-state index in [1.165, 1.54) is 6.92 Å². The highest BCUT2D eigenvalue weighted by Crippen LogP contribution is 2.29. The number of carbonyl (C=O) groups excluding carboxylic acids is 4. The smallest absolute Gasteiger partial charge is 0.236 e. The van der Waals surface area contributed by atoms with Gasteiger partial charge in [0.2, 0.25) is 17.7 Å². The molecule has 0 aromatic carbocycles. The summed E-state index contributed by atoms with van der Waals surface area (Å²) >= 11 is 1.57. The number of hydrazine groups is 1. The molecule has 3 amide bonds. The van der Waals surface area contributed by atoms with E-state index >= 15 is 0 Å². The lowest BCUT2D eigenvalue weighted by Crippen LogP contribution is -2.48. The number of likely N-dealkylation sites (N-methyl/N-ethyl adjacent to an activating group) is 1. The van der Waals surface area contributed by atoms with Crippen LogP contribution in [0.2, 0.25) is 0 Å². The van der Waals surface area contributed by atoms with Crippen LogP contribution in [-0.4, -0.2) is 149 Å². The highest BCUT2D eigenvalue weighted by atomic mass is 32.2. The number of thioether (sulfide) groups is 1. The molecule has 274 valence electrons. The fourth-order valence-electron chi connectivity index (χ4n) is 4.55. The van der Waals surface area contributed by atoms with Crippen LogP contribution in [0.5, 0.6) is 0 Å². The van der Waals surface area contributed by atoms with E-state index in [2.05, 4.69) is 41.8 Å². The molecule has 0 aromatic heterocycles. The number of nitrogens with zero attached hydrogens (tertiary/aromatic N) is 2. The molecular weight excluding hydrogens is 628 g/mol. The molecule has 0 bridgehead atoms. The predicted molar refractivity (Wildman–Crippen MR) is 184 cm³/mol. The Bertz CT molecular complexity index is 877. The molecule has 0 saturated carbocycles. The number of hydrogen-bond acceptors (Lipinski definition) is 12. The summed E-state index contributed by atoms with van der Waals surface area (Å²) < 4.78 is 21.7. The Morgan fingerprint density at radius 3 is 2.00 bits per heavy atom. The van der Waals surface area contributed by atoms with Crippen LogP contribution < -0.4 is 21.9 Å². The van der Waals surface area contributed by atoms with E-state index in [1.54, 1.807) is 11.8 Å². The number of ether oxygens (including phenoxy) is 4. The fourth-order valence-corrected chi connectivity index (χ4v) is 5.42. The number of nitrogens with one attached hydrogen (secondary N) is 3. The van der Waals surface area contributed by atoms with E-state index in [4.69, 9.17) is 24.7 Å². The number of nitrogens with two attached hydrogens (primary N) is 1. The third-order valence-corrected chi connectivity index (χ3v) is 9.08. The maximum absolute atomic E-state index is 12.6. The Hall–Kier alpha value is -1.85. The van der Waals surface area contributed by atoms with Gasteiger partial charge in [0, 0.05) is 43.9 Å². The van der Waals surface area contributed by atoms with Crippen molar-refractivity contribution in [2.45, 2.75) is 77.0 Å². The van der Waals surface area contributed by atoms with Gasteiger partial charge in [-0.3, -0.25) is 24.6 Å². The van der Waals surface area contributed by atoms with Gasteiger partial charge in [0.15, 0.2) is 0 Å². The Balaban J connectivity index is 1.91. The Kier molecular flexibility index (Phi) is 24.8. The third-order valence-electron chi connectivity index (χ3n) is 7.69. The van der Waals surface area contributed by atoms with E-state index in [0.717, 1.165) is 52.0 Å². The van der Waals surface area contributed by atoms with Crippen molar-refractivity contribution in [1.82, 2.24) is 26.0 Å². The zero-order valence-corrected chi connectivity index (χ0v) is 30.1. The molecule has 1 aliphatic rings. The van der Waals surface area contributed by atoms with Crippen LogP contribution in [0.3, 0.4) is 0 Å². The molecule has 15 heteroatoms. The monoisotopic (exact) mass is 690 g/mol. The highest BCUT2D eigenvalue weighted by molar-refractivity contribution is 8.01. The van der Waals surface area contributed by atoms with Crippen LogP contribution in [0.25, 0.3) is 0 Å². The van der Waals surface area contributed by atoms with Gasteiger partial charge in [0.05, 0.1) is 71.1 Å². The minimum atomic E-state index is -0.415. The molecule has 1 aliphatic heterocycles. The molecule has 0 spiro atoms. The van der Waals surface area contributed by atoms with Crippen LogP contribution >= 0.6 is 11.8 Å². The normalized spacial score (nSPS) is 14.6. The summed E-state index contributed by atoms with van der Waals surface area (Å²) in [5, 5.41) is 2.87. The van der Waals surface area contributed by atoms with Gasteiger partial charge in [0.25, 0.3) is 0 Å². The molecule has 1 fully saturated rings. The lowest BCUT2D eigenvalue weighted by molar-refractivity contribution is -0.133. The van der Waals surface area contributed by atoms with Gasteiger partial charge in [-0.1, -0.05) is 27.2 Å². The Labute approximate surface area is 286 Å². The lowest BCUT2D eigenvalue weighted by atomic mass is 10.1. The minimum Gasteiger partial charge on any atom is -0.379 e. The summed E-state index contributed by atoms with van der Waals surface area (Å²) in [6.45, 7) is 16.4. The summed E-state index contributed by atoms with van der Waals surface area (Å²) in [6.07, 6.45) is 3.69. The van der Waals surface area contributed by atoms with Crippen LogP contribution in [0.4, 0.5) is 0 Å². The number of unbranched alkanes of at least 4 members (excludes halogenated alkanes) is 1. The summed E-state index contributed by atoms with van der Waals surface area (Å²) in [7, 11) is 0. The standard InChI is InChI=1S/C32H62N6O8S/c1-5-37-14-16-38(17-15-37)31(42)9-11-32(3,4)47-26-30(41)34-13-19-44-21-23-46-25-24-45-22-20-43-18-10-29(40)36-35-28(27(2)39)8-6-7-12-33/h28,35H,5-26,33H2,1-4H3,(H,34,41)(H,36,40)/t28-/m0/s1. The van der Waals surface area contributed by atoms with Gasteiger partial charge in [-0.05, 0) is 39.3 Å². The molecule has 1 rings (SSSR count). The summed E-state index contributed by atoms with van der Waals surface area (Å²) in [4.78, 5) is 52.7. The van der Waals surface area contributed by atoms with Crippen LogP contribution in [0, 0.1) is 0 Å². The quantitative estimate of drug-likeness (QED) is 0.0641. The molecular formula is C32H62N6O8S. The first-order chi connectivity index (χ1) is 22.6. The molecule has 0 unspecified atom stereocenters. The number of Topliss-reactive ketones (excluding diaryl/α,β-unsaturated/α-hetero) is 1.